The van der Waals surface area contributed by atoms with Crippen LogP contribution in [0.25, 0.3) is 0 Å². The summed E-state index contributed by atoms with van der Waals surface area (Å²) in [6, 6.07) is 5.41. The van der Waals surface area contributed by atoms with Gasteiger partial charge in [0, 0.05) is 36.1 Å². The number of halogens is 1. The molecule has 0 radical (unpaired) electrons. The van der Waals surface area contributed by atoms with Crippen LogP contribution < -0.4 is 10.2 Å². The number of benzene rings is 1. The summed E-state index contributed by atoms with van der Waals surface area (Å²) >= 11 is 7.51. The number of hydrogen-bond acceptors (Lipinski definition) is 4. The molecule has 3 rings (SSSR count). The Morgan fingerprint density at radius 2 is 2.35 bits per heavy atom. The summed E-state index contributed by atoms with van der Waals surface area (Å²) in [7, 11) is 1.64. The zero-order valence-corrected chi connectivity index (χ0v) is 14.7. The number of hydrogen-bond donors (Lipinski definition) is 1. The van der Waals surface area contributed by atoms with Crippen LogP contribution in [0.5, 0.6) is 0 Å². The third-order valence-corrected chi connectivity index (χ3v) is 5.93. The fourth-order valence-corrected chi connectivity index (χ4v) is 4.59. The molecule has 2 unspecified atom stereocenters. The van der Waals surface area contributed by atoms with Crippen LogP contribution >= 0.6 is 23.4 Å². The van der Waals surface area contributed by atoms with E-state index in [0.717, 1.165) is 17.0 Å². The standard InChI is InChI=1S/C16H19ClN2O3S/c1-10(6-8-22-2)18-15(21)16-7-5-14(20)19(16)12-9-11(17)3-4-13(12)23-16/h3-4,9-10H,5-8H2,1-2H3,(H,18,21). The molecule has 0 bridgehead atoms. The molecule has 1 N–H and O–H groups in total. The summed E-state index contributed by atoms with van der Waals surface area (Å²) in [5, 5.41) is 3.59. The second-order valence-electron chi connectivity index (χ2n) is 5.88. The molecular weight excluding hydrogens is 336 g/mol. The van der Waals surface area contributed by atoms with Crippen molar-refractivity contribution in [3.63, 3.8) is 0 Å². The minimum Gasteiger partial charge on any atom is -0.385 e. The van der Waals surface area contributed by atoms with Gasteiger partial charge in [-0.1, -0.05) is 23.4 Å². The van der Waals surface area contributed by atoms with Crippen molar-refractivity contribution < 1.29 is 14.3 Å². The van der Waals surface area contributed by atoms with E-state index in [9.17, 15) is 9.59 Å². The van der Waals surface area contributed by atoms with Gasteiger partial charge in [-0.3, -0.25) is 14.5 Å². The smallest absolute Gasteiger partial charge is 0.257 e. The molecule has 2 heterocycles. The summed E-state index contributed by atoms with van der Waals surface area (Å²) in [5.74, 6) is -0.150. The molecule has 2 amide bonds. The van der Waals surface area contributed by atoms with Gasteiger partial charge in [-0.15, -0.1) is 0 Å². The minimum atomic E-state index is -0.884. The maximum absolute atomic E-state index is 12.9. The predicted octanol–water partition coefficient (Wildman–Crippen LogP) is 2.81. The molecular formula is C16H19ClN2O3S. The van der Waals surface area contributed by atoms with Crippen LogP contribution in [0, 0.1) is 0 Å². The highest BCUT2D eigenvalue weighted by molar-refractivity contribution is 8.02. The number of ether oxygens (including phenoxy) is 1. The van der Waals surface area contributed by atoms with Crippen LogP contribution in [-0.2, 0) is 14.3 Å². The van der Waals surface area contributed by atoms with Crippen molar-refractivity contribution in [3.8, 4) is 0 Å². The number of thioether (sulfide) groups is 1. The van der Waals surface area contributed by atoms with Gasteiger partial charge < -0.3 is 10.1 Å². The largest absolute Gasteiger partial charge is 0.385 e. The van der Waals surface area contributed by atoms with Gasteiger partial charge in [0.15, 0.2) is 4.87 Å². The van der Waals surface area contributed by atoms with Crippen LogP contribution in [0.15, 0.2) is 23.1 Å². The molecule has 0 aromatic heterocycles. The SMILES string of the molecule is COCCC(C)NC(=O)C12CCC(=O)N1c1cc(Cl)ccc1S2. The van der Waals surface area contributed by atoms with E-state index < -0.39 is 4.87 Å². The Labute approximate surface area is 144 Å². The van der Waals surface area contributed by atoms with Crippen molar-refractivity contribution in [2.45, 2.75) is 42.0 Å². The minimum absolute atomic E-state index is 0.0118. The van der Waals surface area contributed by atoms with E-state index in [0.29, 0.717) is 24.5 Å². The Kier molecular flexibility index (Phi) is 4.58. The number of carbonyl (C=O) groups is 2. The summed E-state index contributed by atoms with van der Waals surface area (Å²) in [6.45, 7) is 2.53. The van der Waals surface area contributed by atoms with E-state index in [-0.39, 0.29) is 17.9 Å². The first-order valence-corrected chi connectivity index (χ1v) is 8.79. The molecule has 1 aromatic rings. The monoisotopic (exact) mass is 354 g/mol. The molecule has 5 nitrogen and oxygen atoms in total. The number of rotatable bonds is 5. The van der Waals surface area contributed by atoms with E-state index in [2.05, 4.69) is 5.32 Å². The van der Waals surface area contributed by atoms with Gasteiger partial charge in [0.05, 0.1) is 5.69 Å². The quantitative estimate of drug-likeness (QED) is 0.883. The molecule has 124 valence electrons. The van der Waals surface area contributed by atoms with Crippen LogP contribution in [0.3, 0.4) is 0 Å². The van der Waals surface area contributed by atoms with E-state index in [4.69, 9.17) is 16.3 Å². The van der Waals surface area contributed by atoms with Crippen LogP contribution in [0.2, 0.25) is 5.02 Å². The Morgan fingerprint density at radius 3 is 3.09 bits per heavy atom. The molecule has 7 heteroatoms. The molecule has 0 aliphatic carbocycles. The lowest BCUT2D eigenvalue weighted by molar-refractivity contribution is -0.125. The molecule has 1 saturated heterocycles. The Bertz CT molecular complexity index is 654. The van der Waals surface area contributed by atoms with E-state index in [1.54, 1.807) is 24.1 Å². The first-order chi connectivity index (χ1) is 11.0. The summed E-state index contributed by atoms with van der Waals surface area (Å²) in [4.78, 5) is 26.9. The van der Waals surface area contributed by atoms with E-state index >= 15 is 0 Å². The second kappa shape index (κ2) is 6.34. The molecule has 23 heavy (non-hydrogen) atoms. The lowest BCUT2D eigenvalue weighted by atomic mass is 10.1. The van der Waals surface area contributed by atoms with Gasteiger partial charge in [-0.2, -0.15) is 0 Å². The Morgan fingerprint density at radius 1 is 1.57 bits per heavy atom. The fraction of sp³-hybridized carbons (Fsp3) is 0.500. The topological polar surface area (TPSA) is 58.6 Å². The number of nitrogens with one attached hydrogen (secondary N) is 1. The predicted molar refractivity (Wildman–Crippen MR) is 90.9 cm³/mol. The number of fused-ring (bicyclic) bond motifs is 3. The van der Waals surface area contributed by atoms with Gasteiger partial charge in [-0.05, 0) is 38.0 Å². The third kappa shape index (κ3) is 2.84. The molecule has 1 fully saturated rings. The van der Waals surface area contributed by atoms with Gasteiger partial charge >= 0.3 is 0 Å². The lowest BCUT2D eigenvalue weighted by Gasteiger charge is -2.31. The van der Waals surface area contributed by atoms with Crippen LogP contribution in [-0.4, -0.2) is 36.4 Å². The second-order valence-corrected chi connectivity index (χ2v) is 7.64. The maximum atomic E-state index is 12.9. The first kappa shape index (κ1) is 16.6. The van der Waals surface area contributed by atoms with Crippen LogP contribution in [0.1, 0.15) is 26.2 Å². The molecule has 2 atom stereocenters. The molecule has 2 aliphatic rings. The Hall–Kier alpha value is -1.24. The lowest BCUT2D eigenvalue weighted by Crippen LogP contribution is -2.54. The zero-order valence-electron chi connectivity index (χ0n) is 13.1. The molecule has 1 aromatic carbocycles. The van der Waals surface area contributed by atoms with Crippen molar-refractivity contribution >= 4 is 40.9 Å². The van der Waals surface area contributed by atoms with Gasteiger partial charge in [-0.25, -0.2) is 0 Å². The highest BCUT2D eigenvalue weighted by Crippen LogP contribution is 2.56. The van der Waals surface area contributed by atoms with Crippen molar-refractivity contribution in [2.24, 2.45) is 0 Å². The van der Waals surface area contributed by atoms with Gasteiger partial charge in [0.2, 0.25) is 5.91 Å². The highest BCUT2D eigenvalue weighted by atomic mass is 35.5. The number of nitrogens with zero attached hydrogens (tertiary/aromatic N) is 1. The number of carbonyl (C=O) groups excluding carboxylic acids is 2. The average Bonchev–Trinajstić information content (AvgIpc) is 3.01. The third-order valence-electron chi connectivity index (χ3n) is 4.22. The fourth-order valence-electron chi connectivity index (χ4n) is 3.03. The Balaban J connectivity index is 1.86. The number of amides is 2. The van der Waals surface area contributed by atoms with Crippen molar-refractivity contribution in [1.29, 1.82) is 0 Å². The van der Waals surface area contributed by atoms with Gasteiger partial charge in [0.25, 0.3) is 5.91 Å². The van der Waals surface area contributed by atoms with Crippen molar-refractivity contribution in [2.75, 3.05) is 18.6 Å². The van der Waals surface area contributed by atoms with Crippen molar-refractivity contribution in [3.05, 3.63) is 23.2 Å². The maximum Gasteiger partial charge on any atom is 0.257 e. The van der Waals surface area contributed by atoms with E-state index in [1.807, 2.05) is 13.0 Å². The summed E-state index contributed by atoms with van der Waals surface area (Å²) in [6.07, 6.45) is 1.61. The molecule has 2 aliphatic heterocycles. The molecule has 0 spiro atoms. The zero-order chi connectivity index (χ0) is 16.6. The first-order valence-electron chi connectivity index (χ1n) is 7.59. The number of anilines is 1. The normalized spacial score (nSPS) is 23.6. The highest BCUT2D eigenvalue weighted by Gasteiger charge is 2.57. The molecule has 0 saturated carbocycles. The van der Waals surface area contributed by atoms with Crippen LogP contribution in [0.4, 0.5) is 5.69 Å². The van der Waals surface area contributed by atoms with Crippen molar-refractivity contribution in [1.82, 2.24) is 5.32 Å². The number of methoxy groups -OCH3 is 1. The summed E-state index contributed by atoms with van der Waals surface area (Å²) < 4.78 is 5.05. The van der Waals surface area contributed by atoms with Gasteiger partial charge in [0.1, 0.15) is 0 Å². The average molecular weight is 355 g/mol. The van der Waals surface area contributed by atoms with E-state index in [1.165, 1.54) is 11.8 Å². The summed E-state index contributed by atoms with van der Waals surface area (Å²) in [5.41, 5.74) is 0.740.